The summed E-state index contributed by atoms with van der Waals surface area (Å²) in [6.45, 7) is 0.703. The van der Waals surface area contributed by atoms with E-state index < -0.39 is 9.84 Å². The number of ether oxygens (including phenoxy) is 1. The van der Waals surface area contributed by atoms with Crippen LogP contribution < -0.4 is 0 Å². The summed E-state index contributed by atoms with van der Waals surface area (Å²) in [7, 11) is -1.54. The molecule has 1 saturated heterocycles. The molecule has 0 bridgehead atoms. The molecule has 0 aliphatic carbocycles. The van der Waals surface area contributed by atoms with Crippen molar-refractivity contribution in [1.29, 1.82) is 0 Å². The summed E-state index contributed by atoms with van der Waals surface area (Å²) in [5, 5.41) is 0. The molecule has 3 rings (SSSR count). The van der Waals surface area contributed by atoms with Crippen molar-refractivity contribution in [1.82, 2.24) is 4.90 Å². The first-order valence-electron chi connectivity index (χ1n) is 9.22. The van der Waals surface area contributed by atoms with Gasteiger partial charge in [0.05, 0.1) is 23.7 Å². The first-order chi connectivity index (χ1) is 13.4. The van der Waals surface area contributed by atoms with E-state index in [1.54, 1.807) is 42.3 Å². The van der Waals surface area contributed by atoms with E-state index in [1.807, 2.05) is 0 Å². The normalized spacial score (nSPS) is 18.3. The van der Waals surface area contributed by atoms with Gasteiger partial charge in [0.2, 0.25) is 5.91 Å². The summed E-state index contributed by atoms with van der Waals surface area (Å²) in [5.74, 6) is 0.603. The van der Waals surface area contributed by atoms with E-state index in [2.05, 4.69) is 0 Å². The van der Waals surface area contributed by atoms with E-state index in [1.165, 1.54) is 6.07 Å². The Labute approximate surface area is 164 Å². The lowest BCUT2D eigenvalue weighted by atomic mass is 10.1. The number of methoxy groups -OCH3 is 1. The SMILES string of the molecule is COCCN(C(=O)CCc1ccc(-c2ccccc2F)o1)C1CCS(=O)(=O)C1. The molecule has 8 heteroatoms. The topological polar surface area (TPSA) is 76.8 Å². The van der Waals surface area contributed by atoms with Crippen LogP contribution in [0.3, 0.4) is 0 Å². The molecule has 152 valence electrons. The Hall–Kier alpha value is -2.19. The molecule has 1 aliphatic heterocycles. The molecule has 1 atom stereocenters. The van der Waals surface area contributed by atoms with Crippen molar-refractivity contribution < 1.29 is 26.8 Å². The minimum Gasteiger partial charge on any atom is -0.461 e. The average Bonchev–Trinajstić information content (AvgIpc) is 3.27. The number of furan rings is 1. The van der Waals surface area contributed by atoms with Crippen molar-refractivity contribution in [3.8, 4) is 11.3 Å². The van der Waals surface area contributed by atoms with Crippen LogP contribution in [0.4, 0.5) is 4.39 Å². The second-order valence-electron chi connectivity index (χ2n) is 6.88. The van der Waals surface area contributed by atoms with Gasteiger partial charge in [0.1, 0.15) is 17.3 Å². The van der Waals surface area contributed by atoms with E-state index in [4.69, 9.17) is 9.15 Å². The molecule has 2 heterocycles. The molecule has 0 radical (unpaired) electrons. The number of nitrogens with zero attached hydrogens (tertiary/aromatic N) is 1. The van der Waals surface area contributed by atoms with Crippen LogP contribution in [0.2, 0.25) is 0 Å². The maximum Gasteiger partial charge on any atom is 0.223 e. The predicted octanol–water partition coefficient (Wildman–Crippen LogP) is 2.68. The molecule has 1 fully saturated rings. The smallest absolute Gasteiger partial charge is 0.223 e. The maximum atomic E-state index is 13.9. The molecule has 1 aromatic carbocycles. The van der Waals surface area contributed by atoms with Crippen molar-refractivity contribution in [2.75, 3.05) is 31.8 Å². The van der Waals surface area contributed by atoms with Gasteiger partial charge in [0.25, 0.3) is 0 Å². The summed E-state index contributed by atoms with van der Waals surface area (Å²) in [5.41, 5.74) is 0.373. The van der Waals surface area contributed by atoms with Crippen LogP contribution in [0, 0.1) is 5.82 Å². The molecule has 0 saturated carbocycles. The summed E-state index contributed by atoms with van der Waals surface area (Å²) in [6.07, 6.45) is 0.997. The molecule has 6 nitrogen and oxygen atoms in total. The molecule has 28 heavy (non-hydrogen) atoms. The van der Waals surface area contributed by atoms with Gasteiger partial charge < -0.3 is 14.1 Å². The van der Waals surface area contributed by atoms with Crippen molar-refractivity contribution in [3.05, 3.63) is 48.0 Å². The van der Waals surface area contributed by atoms with Crippen molar-refractivity contribution >= 4 is 15.7 Å². The Morgan fingerprint density at radius 1 is 1.29 bits per heavy atom. The second-order valence-corrected chi connectivity index (χ2v) is 9.11. The lowest BCUT2D eigenvalue weighted by molar-refractivity contribution is -0.133. The highest BCUT2D eigenvalue weighted by molar-refractivity contribution is 7.91. The number of hydrogen-bond donors (Lipinski definition) is 0. The van der Waals surface area contributed by atoms with Gasteiger partial charge in [-0.2, -0.15) is 0 Å². The van der Waals surface area contributed by atoms with Crippen LogP contribution in [-0.2, 0) is 25.8 Å². The van der Waals surface area contributed by atoms with Gasteiger partial charge >= 0.3 is 0 Å². The quantitative estimate of drug-likeness (QED) is 0.670. The van der Waals surface area contributed by atoms with Crippen LogP contribution >= 0.6 is 0 Å². The van der Waals surface area contributed by atoms with Gasteiger partial charge in [-0.1, -0.05) is 12.1 Å². The molecule has 0 N–H and O–H groups in total. The number of carbonyl (C=O) groups is 1. The zero-order valence-electron chi connectivity index (χ0n) is 15.8. The molecule has 1 amide bonds. The fourth-order valence-electron chi connectivity index (χ4n) is 3.41. The van der Waals surface area contributed by atoms with E-state index >= 15 is 0 Å². The minimum absolute atomic E-state index is 0.000633. The molecule has 1 aliphatic rings. The molecule has 2 aromatic rings. The number of aryl methyl sites for hydroxylation is 1. The highest BCUT2D eigenvalue weighted by atomic mass is 32.2. The predicted molar refractivity (Wildman–Crippen MR) is 103 cm³/mol. The highest BCUT2D eigenvalue weighted by Gasteiger charge is 2.34. The van der Waals surface area contributed by atoms with E-state index in [0.717, 1.165) is 0 Å². The number of benzene rings is 1. The monoisotopic (exact) mass is 409 g/mol. The van der Waals surface area contributed by atoms with Gasteiger partial charge in [-0.15, -0.1) is 0 Å². The Balaban J connectivity index is 1.64. The number of carbonyl (C=O) groups excluding carboxylic acids is 1. The number of amides is 1. The Morgan fingerprint density at radius 3 is 2.75 bits per heavy atom. The zero-order valence-corrected chi connectivity index (χ0v) is 16.6. The van der Waals surface area contributed by atoms with E-state index in [-0.39, 0.29) is 35.7 Å². The standard InChI is InChI=1S/C20H24FNO5S/c1-26-12-11-22(15-10-13-28(24,25)14-15)20(23)9-7-16-6-8-19(27-16)17-4-2-3-5-18(17)21/h2-6,8,15H,7,9-14H2,1H3. The number of sulfone groups is 1. The fourth-order valence-corrected chi connectivity index (χ4v) is 5.14. The van der Waals surface area contributed by atoms with Gasteiger partial charge in [-0.3, -0.25) is 4.79 Å². The van der Waals surface area contributed by atoms with Gasteiger partial charge in [-0.05, 0) is 30.7 Å². The van der Waals surface area contributed by atoms with Crippen LogP contribution in [0.15, 0.2) is 40.8 Å². The van der Waals surface area contributed by atoms with Gasteiger partial charge in [-0.25, -0.2) is 12.8 Å². The minimum atomic E-state index is -3.09. The zero-order chi connectivity index (χ0) is 20.1. The fraction of sp³-hybridized carbons (Fsp3) is 0.450. The van der Waals surface area contributed by atoms with Crippen molar-refractivity contribution in [3.63, 3.8) is 0 Å². The van der Waals surface area contributed by atoms with Crippen LogP contribution in [0.5, 0.6) is 0 Å². The van der Waals surface area contributed by atoms with Crippen LogP contribution in [-0.4, -0.2) is 57.0 Å². The summed E-state index contributed by atoms with van der Waals surface area (Å²) in [4.78, 5) is 14.3. The Bertz CT molecular complexity index is 924. The largest absolute Gasteiger partial charge is 0.461 e. The third-order valence-electron chi connectivity index (χ3n) is 4.89. The molecule has 1 aromatic heterocycles. The molecular weight excluding hydrogens is 385 g/mol. The van der Waals surface area contributed by atoms with Gasteiger partial charge in [0, 0.05) is 32.5 Å². The van der Waals surface area contributed by atoms with Crippen LogP contribution in [0.1, 0.15) is 18.6 Å². The van der Waals surface area contributed by atoms with E-state index in [0.29, 0.717) is 43.1 Å². The summed E-state index contributed by atoms with van der Waals surface area (Å²) < 4.78 is 48.2. The third-order valence-corrected chi connectivity index (χ3v) is 6.64. The summed E-state index contributed by atoms with van der Waals surface area (Å²) in [6, 6.07) is 9.45. The molecular formula is C20H24FNO5S. The number of rotatable bonds is 8. The van der Waals surface area contributed by atoms with Crippen molar-refractivity contribution in [2.45, 2.75) is 25.3 Å². The van der Waals surface area contributed by atoms with Crippen molar-refractivity contribution in [2.24, 2.45) is 0 Å². The number of halogens is 1. The second kappa shape index (κ2) is 8.87. The average molecular weight is 409 g/mol. The first-order valence-corrected chi connectivity index (χ1v) is 11.0. The molecule has 0 spiro atoms. The van der Waals surface area contributed by atoms with E-state index in [9.17, 15) is 17.6 Å². The number of hydrogen-bond acceptors (Lipinski definition) is 5. The Morgan fingerprint density at radius 2 is 2.07 bits per heavy atom. The Kier molecular flexibility index (Phi) is 6.51. The lowest BCUT2D eigenvalue weighted by Gasteiger charge is -2.28. The summed E-state index contributed by atoms with van der Waals surface area (Å²) >= 11 is 0. The maximum absolute atomic E-state index is 13.9. The van der Waals surface area contributed by atoms with Gasteiger partial charge in [0.15, 0.2) is 9.84 Å². The lowest BCUT2D eigenvalue weighted by Crippen LogP contribution is -2.43. The van der Waals surface area contributed by atoms with Crippen LogP contribution in [0.25, 0.3) is 11.3 Å². The molecule has 1 unspecified atom stereocenters. The third kappa shape index (κ3) is 4.99. The highest BCUT2D eigenvalue weighted by Crippen LogP contribution is 2.25. The first kappa shape index (κ1) is 20.5.